The van der Waals surface area contributed by atoms with Gasteiger partial charge >= 0.3 is 53.8 Å². The van der Waals surface area contributed by atoms with E-state index in [2.05, 4.69) is 105 Å². The van der Waals surface area contributed by atoms with Crippen LogP contribution in [0.15, 0.2) is 72.8 Å². The number of hydrogen-bond acceptors (Lipinski definition) is 0. The Morgan fingerprint density at radius 1 is 0.750 bits per heavy atom. The van der Waals surface area contributed by atoms with Crippen molar-refractivity contribution in [3.63, 3.8) is 0 Å². The van der Waals surface area contributed by atoms with Crippen LogP contribution in [0.25, 0.3) is 21.5 Å². The van der Waals surface area contributed by atoms with Gasteiger partial charge in [-0.3, -0.25) is 0 Å². The Labute approximate surface area is 210 Å². The third-order valence-electron chi connectivity index (χ3n) is 5.86. The molecule has 0 saturated heterocycles. The molecule has 0 aliphatic heterocycles. The maximum Gasteiger partial charge on any atom is -0.172 e. The fourth-order valence-corrected chi connectivity index (χ4v) is 3.25. The molecule has 0 amide bonds. The van der Waals surface area contributed by atoms with Gasteiger partial charge in [-0.15, -0.1) is 39.7 Å². The molecular weight excluding hydrogens is 551 g/mol. The largest absolute Gasteiger partial charge is 0.214 e. The zero-order valence-corrected chi connectivity index (χ0v) is 25.1. The molecule has 4 aromatic carbocycles. The Morgan fingerprint density at radius 2 is 1.12 bits per heavy atom. The van der Waals surface area contributed by atoms with Crippen LogP contribution < -0.4 is 0 Å². The average Bonchev–Trinajstić information content (AvgIpc) is 3.37. The molecule has 0 aromatic heterocycles. The van der Waals surface area contributed by atoms with E-state index in [-0.39, 0.29) is 10.8 Å². The van der Waals surface area contributed by atoms with Gasteiger partial charge in [0, 0.05) is 0 Å². The average molecular weight is 591 g/mol. The van der Waals surface area contributed by atoms with Crippen molar-refractivity contribution in [2.24, 2.45) is 5.92 Å². The van der Waals surface area contributed by atoms with Crippen LogP contribution in [0.3, 0.4) is 0 Å². The van der Waals surface area contributed by atoms with Gasteiger partial charge in [0.05, 0.1) is 0 Å². The van der Waals surface area contributed by atoms with Crippen LogP contribution in [0, 0.1) is 5.92 Å². The van der Waals surface area contributed by atoms with Crippen molar-refractivity contribution >= 4 is 24.8 Å². The number of fused-ring (bicyclic) bond motifs is 3. The smallest absolute Gasteiger partial charge is 0.172 e. The van der Waals surface area contributed by atoms with Crippen molar-refractivity contribution < 1.29 is 23.9 Å². The molecule has 0 N–H and O–H groups in total. The fraction of sp³-hybridized carbons (Fsp3) is 0.387. The van der Waals surface area contributed by atoms with E-state index in [4.69, 9.17) is 0 Å². The zero-order chi connectivity index (χ0) is 24.1. The van der Waals surface area contributed by atoms with Crippen LogP contribution >= 0.6 is 0 Å². The van der Waals surface area contributed by atoms with E-state index in [1.165, 1.54) is 56.6 Å². The second-order valence-corrected chi connectivity index (χ2v) is 13.9. The Kier molecular flexibility index (Phi) is 9.17. The maximum absolute atomic E-state index is 2.38. The third kappa shape index (κ3) is 7.48. The van der Waals surface area contributed by atoms with E-state index in [1.807, 2.05) is 30.3 Å². The summed E-state index contributed by atoms with van der Waals surface area (Å²) >= 11 is 1.27. The Hall–Kier alpha value is -1.60. The molecule has 0 atom stereocenters. The molecule has 0 fully saturated rings. The molecule has 0 aliphatic carbocycles. The first kappa shape index (κ1) is 26.7. The molecule has 0 nitrogen and oxygen atoms in total. The van der Waals surface area contributed by atoms with E-state index in [0.717, 1.165) is 5.92 Å². The quantitative estimate of drug-likeness (QED) is 0.153. The normalized spacial score (nSPS) is 11.8. The van der Waals surface area contributed by atoms with Crippen LogP contribution in [0.5, 0.6) is 0 Å². The minimum Gasteiger partial charge on any atom is -0.214 e. The summed E-state index contributed by atoms with van der Waals surface area (Å²) in [5, 5.41) is 5.49. The first-order chi connectivity index (χ1) is 14.8. The van der Waals surface area contributed by atoms with E-state index < -0.39 is 0 Å². The van der Waals surface area contributed by atoms with Gasteiger partial charge in [0.2, 0.25) is 0 Å². The van der Waals surface area contributed by atoms with Crippen LogP contribution in [0.2, 0.25) is 0 Å². The SMILES string of the molecule is CC(C)(C)c1ccc2[cH-]c3ccc(C(C)(C)C)cc3c2c1.C[C](=[Hf+2])C(C)C.c1cc[cH-]c1. The van der Waals surface area contributed by atoms with Crippen molar-refractivity contribution in [3.8, 4) is 0 Å². The van der Waals surface area contributed by atoms with Crippen LogP contribution in [0.4, 0.5) is 0 Å². The number of rotatable bonds is 1. The van der Waals surface area contributed by atoms with Gasteiger partial charge < -0.3 is 0 Å². The predicted octanol–water partition coefficient (Wildman–Crippen LogP) is 9.09. The molecule has 0 radical (unpaired) electrons. The molecule has 4 aromatic rings. The molecule has 0 spiro atoms. The summed E-state index contributed by atoms with van der Waals surface area (Å²) in [5.74, 6) is 0.830. The summed E-state index contributed by atoms with van der Waals surface area (Å²) in [6.45, 7) is 20.4. The monoisotopic (exact) mass is 592 g/mol. The topological polar surface area (TPSA) is 0 Å². The fourth-order valence-electron chi connectivity index (χ4n) is 3.25. The zero-order valence-electron chi connectivity index (χ0n) is 21.5. The Balaban J connectivity index is 0.000000272. The van der Waals surface area contributed by atoms with Gasteiger partial charge in [0.1, 0.15) is 0 Å². The van der Waals surface area contributed by atoms with Gasteiger partial charge in [-0.05, 0) is 10.8 Å². The molecule has 0 bridgehead atoms. The first-order valence-electron chi connectivity index (χ1n) is 11.7. The van der Waals surface area contributed by atoms with Crippen molar-refractivity contribution in [2.75, 3.05) is 0 Å². The maximum atomic E-state index is 2.38. The van der Waals surface area contributed by atoms with E-state index in [1.54, 1.807) is 3.26 Å². The molecular formula is C31H40Hf. The summed E-state index contributed by atoms with van der Waals surface area (Å²) in [6, 6.07) is 26.1. The van der Waals surface area contributed by atoms with Gasteiger partial charge in [0.25, 0.3) is 0 Å². The van der Waals surface area contributed by atoms with Gasteiger partial charge in [-0.25, -0.2) is 12.1 Å². The predicted molar refractivity (Wildman–Crippen MR) is 142 cm³/mol. The minimum atomic E-state index is 0.194. The summed E-state index contributed by atoms with van der Waals surface area (Å²) in [4.78, 5) is 0. The Morgan fingerprint density at radius 3 is 1.38 bits per heavy atom. The molecule has 0 heterocycles. The van der Waals surface area contributed by atoms with E-state index >= 15 is 0 Å². The molecule has 1 heteroatoms. The van der Waals surface area contributed by atoms with Gasteiger partial charge in [-0.1, -0.05) is 76.9 Å². The molecule has 0 unspecified atom stereocenters. The van der Waals surface area contributed by atoms with Crippen molar-refractivity contribution in [1.82, 2.24) is 0 Å². The second-order valence-electron chi connectivity index (χ2n) is 11.0. The van der Waals surface area contributed by atoms with Gasteiger partial charge in [0.15, 0.2) is 0 Å². The molecule has 0 saturated carbocycles. The molecule has 168 valence electrons. The first-order valence-corrected chi connectivity index (χ1v) is 13.5. The standard InChI is InChI=1S/C21H25.C5H5.C5H10.Hf/c1-20(2,3)16-9-7-14-11-15-8-10-17(21(4,5)6)13-19(15)18(14)12-16;1-2-4-5-3-1;1-4-5(2)3;/h7-13H,1-6H3;1-5H;5H,1-3H3;/q2*-1;;+2. The van der Waals surface area contributed by atoms with Crippen molar-refractivity contribution in [3.05, 3.63) is 83.9 Å². The summed E-state index contributed by atoms with van der Waals surface area (Å²) in [5.41, 5.74) is 3.20. The van der Waals surface area contributed by atoms with Crippen LogP contribution in [0.1, 0.15) is 73.4 Å². The van der Waals surface area contributed by atoms with Crippen molar-refractivity contribution in [1.29, 1.82) is 0 Å². The summed E-state index contributed by atoms with van der Waals surface area (Å²) in [6.07, 6.45) is 0. The third-order valence-corrected chi connectivity index (χ3v) is 7.94. The molecule has 4 rings (SSSR count). The van der Waals surface area contributed by atoms with E-state index in [9.17, 15) is 0 Å². The molecule has 32 heavy (non-hydrogen) atoms. The van der Waals surface area contributed by atoms with Gasteiger partial charge in [-0.2, -0.15) is 18.2 Å². The number of hydrogen-bond donors (Lipinski definition) is 0. The Bertz CT molecular complexity index is 1040. The summed E-state index contributed by atoms with van der Waals surface area (Å²) in [7, 11) is 0. The van der Waals surface area contributed by atoms with Crippen LogP contribution in [-0.2, 0) is 34.7 Å². The second kappa shape index (κ2) is 11.0. The summed E-state index contributed by atoms with van der Waals surface area (Å²) < 4.78 is 1.65. The van der Waals surface area contributed by atoms with E-state index in [0.29, 0.717) is 0 Å². The molecule has 0 aliphatic rings. The van der Waals surface area contributed by atoms with Crippen molar-refractivity contribution in [2.45, 2.75) is 73.1 Å². The van der Waals surface area contributed by atoms with Crippen LogP contribution in [-0.4, -0.2) is 3.26 Å². The number of benzene rings is 2. The minimum absolute atomic E-state index is 0.194.